The molecule has 0 atom stereocenters. The molecule has 0 spiro atoms. The number of fused-ring (bicyclic) bond motifs is 1. The first-order valence-electron chi connectivity index (χ1n) is 9.40. The van der Waals surface area contributed by atoms with Crippen LogP contribution in [0.3, 0.4) is 0 Å². The van der Waals surface area contributed by atoms with E-state index >= 15 is 0 Å². The summed E-state index contributed by atoms with van der Waals surface area (Å²) < 4.78 is 5.88. The van der Waals surface area contributed by atoms with Crippen LogP contribution >= 0.6 is 12.2 Å². The van der Waals surface area contributed by atoms with Crippen LogP contribution in [0.5, 0.6) is 5.75 Å². The summed E-state index contributed by atoms with van der Waals surface area (Å²) in [5, 5.41) is 18.7. The number of anilines is 1. The third kappa shape index (κ3) is 4.25. The van der Waals surface area contributed by atoms with Crippen LogP contribution in [0.25, 0.3) is 0 Å². The summed E-state index contributed by atoms with van der Waals surface area (Å²) >= 11 is 5.40. The molecule has 0 radical (unpaired) electrons. The Kier molecular flexibility index (Phi) is 6.50. The molecule has 2 aliphatic rings. The summed E-state index contributed by atoms with van der Waals surface area (Å²) in [6.45, 7) is 2.76. The van der Waals surface area contributed by atoms with Gasteiger partial charge in [-0.2, -0.15) is 0 Å². The molecule has 1 fully saturated rings. The minimum atomic E-state index is -0.905. The summed E-state index contributed by atoms with van der Waals surface area (Å²) in [7, 11) is 0. The van der Waals surface area contributed by atoms with Crippen LogP contribution in [-0.2, 0) is 9.59 Å². The van der Waals surface area contributed by atoms with Crippen molar-refractivity contribution in [2.24, 2.45) is 0 Å². The van der Waals surface area contributed by atoms with Gasteiger partial charge in [0.2, 0.25) is 5.88 Å². The molecule has 1 aromatic rings. The van der Waals surface area contributed by atoms with Crippen molar-refractivity contribution in [3.63, 3.8) is 0 Å². The number of rotatable bonds is 8. The standard InChI is InChI=1S/C20H23N3O5S/c1-2-10-22-15(19(27)23(12-13-24)20(22)29)7-8-17-21(11-9-18(25)26)14-5-3-4-6-16(14)28-17/h3-8,24H,2,9-13H2,1H3,(H,25,26)/b15-7-,17-8-. The number of carboxylic acid groups (broad SMARTS) is 1. The van der Waals surface area contributed by atoms with Crippen LogP contribution in [0.1, 0.15) is 19.8 Å². The van der Waals surface area contributed by atoms with Gasteiger partial charge in [0.1, 0.15) is 5.70 Å². The third-order valence-corrected chi connectivity index (χ3v) is 5.00. The van der Waals surface area contributed by atoms with E-state index in [9.17, 15) is 14.7 Å². The first-order chi connectivity index (χ1) is 14.0. The van der Waals surface area contributed by atoms with Gasteiger partial charge in [0.15, 0.2) is 10.9 Å². The molecule has 0 unspecified atom stereocenters. The van der Waals surface area contributed by atoms with E-state index in [1.165, 1.54) is 4.90 Å². The normalized spacial score (nSPS) is 18.8. The molecule has 0 bridgehead atoms. The fourth-order valence-corrected chi connectivity index (χ4v) is 3.62. The Hall–Kier alpha value is -2.91. The van der Waals surface area contributed by atoms with Crippen molar-refractivity contribution in [1.82, 2.24) is 9.80 Å². The summed E-state index contributed by atoms with van der Waals surface area (Å²) in [6, 6.07) is 7.35. The van der Waals surface area contributed by atoms with E-state index in [0.717, 1.165) is 12.1 Å². The van der Waals surface area contributed by atoms with Crippen LogP contribution in [-0.4, -0.2) is 63.2 Å². The van der Waals surface area contributed by atoms with Crippen LogP contribution in [0.2, 0.25) is 0 Å². The lowest BCUT2D eigenvalue weighted by molar-refractivity contribution is -0.136. The van der Waals surface area contributed by atoms with Crippen molar-refractivity contribution in [3.8, 4) is 5.75 Å². The lowest BCUT2D eigenvalue weighted by Gasteiger charge is -2.19. The number of thiocarbonyl (C=S) groups is 1. The molecule has 1 aromatic carbocycles. The Bertz CT molecular complexity index is 883. The SMILES string of the molecule is CCCN1C(=S)N(CCO)C(=O)/C1=C/C=C1\Oc2ccccc2N1CCC(=O)O. The van der Waals surface area contributed by atoms with Gasteiger partial charge in [-0.25, -0.2) is 0 Å². The zero-order valence-corrected chi connectivity index (χ0v) is 16.9. The van der Waals surface area contributed by atoms with Gasteiger partial charge >= 0.3 is 5.97 Å². The number of aliphatic hydroxyl groups excluding tert-OH is 1. The largest absolute Gasteiger partial charge is 0.481 e. The molecule has 2 aliphatic heterocycles. The Labute approximate surface area is 174 Å². The molecule has 0 aromatic heterocycles. The molecule has 29 heavy (non-hydrogen) atoms. The number of β-amino-alcohol motifs (C(OH)–C–C–N with tert-alkyl or cyclic N) is 1. The monoisotopic (exact) mass is 417 g/mol. The molecular formula is C20H23N3O5S. The minimum Gasteiger partial charge on any atom is -0.481 e. The number of carboxylic acids is 1. The number of aliphatic hydroxyl groups is 1. The lowest BCUT2D eigenvalue weighted by Crippen LogP contribution is -2.35. The first kappa shape index (κ1) is 20.8. The van der Waals surface area contributed by atoms with E-state index in [-0.39, 0.29) is 32.0 Å². The summed E-state index contributed by atoms with van der Waals surface area (Å²) in [6.07, 6.45) is 4.03. The van der Waals surface area contributed by atoms with E-state index in [0.29, 0.717) is 29.0 Å². The minimum absolute atomic E-state index is 0.0547. The molecule has 9 heteroatoms. The summed E-state index contributed by atoms with van der Waals surface area (Å²) in [5.74, 6) is -0.113. The fourth-order valence-electron chi connectivity index (χ4n) is 3.25. The van der Waals surface area contributed by atoms with E-state index in [1.807, 2.05) is 25.1 Å². The highest BCUT2D eigenvalue weighted by molar-refractivity contribution is 7.80. The maximum absolute atomic E-state index is 12.8. The molecular weight excluding hydrogens is 394 g/mol. The predicted molar refractivity (Wildman–Crippen MR) is 111 cm³/mol. The average Bonchev–Trinajstić information content (AvgIpc) is 3.16. The van der Waals surface area contributed by atoms with E-state index in [2.05, 4.69) is 0 Å². The molecule has 3 rings (SSSR count). The summed E-state index contributed by atoms with van der Waals surface area (Å²) in [5.41, 5.74) is 1.18. The first-order valence-corrected chi connectivity index (χ1v) is 9.81. The van der Waals surface area contributed by atoms with Gasteiger partial charge in [-0.1, -0.05) is 19.1 Å². The molecule has 154 valence electrons. The number of ether oxygens (including phenoxy) is 1. The summed E-state index contributed by atoms with van der Waals surface area (Å²) in [4.78, 5) is 28.7. The second kappa shape index (κ2) is 9.06. The number of aliphatic carboxylic acids is 1. The molecule has 1 amide bonds. The van der Waals surface area contributed by atoms with Crippen LogP contribution in [0.15, 0.2) is 48.0 Å². The second-order valence-electron chi connectivity index (χ2n) is 6.54. The zero-order chi connectivity index (χ0) is 21.0. The third-order valence-electron chi connectivity index (χ3n) is 4.56. The quantitative estimate of drug-likeness (QED) is 0.490. The molecule has 0 aliphatic carbocycles. The number of nitrogens with zero attached hydrogens (tertiary/aromatic N) is 3. The molecule has 0 saturated carbocycles. The van der Waals surface area contributed by atoms with Crippen molar-refractivity contribution >= 4 is 34.9 Å². The highest BCUT2D eigenvalue weighted by Gasteiger charge is 2.37. The van der Waals surface area contributed by atoms with Gasteiger partial charge in [-0.3, -0.25) is 14.5 Å². The van der Waals surface area contributed by atoms with Crippen LogP contribution in [0.4, 0.5) is 5.69 Å². The highest BCUT2D eigenvalue weighted by atomic mass is 32.1. The molecule has 1 saturated heterocycles. The van der Waals surface area contributed by atoms with Gasteiger partial charge < -0.3 is 24.7 Å². The van der Waals surface area contributed by atoms with Crippen molar-refractivity contribution in [3.05, 3.63) is 48.0 Å². The number of allylic oxidation sites excluding steroid dienone is 2. The average molecular weight is 417 g/mol. The maximum Gasteiger partial charge on any atom is 0.305 e. The predicted octanol–water partition coefficient (Wildman–Crippen LogP) is 1.92. The Balaban J connectivity index is 1.92. The second-order valence-corrected chi connectivity index (χ2v) is 6.90. The van der Waals surface area contributed by atoms with Gasteiger partial charge in [0, 0.05) is 19.2 Å². The number of hydrogen-bond donors (Lipinski definition) is 2. The number of carbonyl (C=O) groups excluding carboxylic acids is 1. The lowest BCUT2D eigenvalue weighted by atomic mass is 10.2. The highest BCUT2D eigenvalue weighted by Crippen LogP contribution is 2.38. The molecule has 2 N–H and O–H groups in total. The Morgan fingerprint density at radius 3 is 2.59 bits per heavy atom. The van der Waals surface area contributed by atoms with E-state index in [4.69, 9.17) is 22.1 Å². The van der Waals surface area contributed by atoms with Crippen molar-refractivity contribution < 1.29 is 24.5 Å². The van der Waals surface area contributed by atoms with Gasteiger partial charge in [0.05, 0.1) is 25.3 Å². The van der Waals surface area contributed by atoms with Crippen molar-refractivity contribution in [1.29, 1.82) is 0 Å². The number of hydrogen-bond acceptors (Lipinski definition) is 6. The van der Waals surface area contributed by atoms with Crippen molar-refractivity contribution in [2.75, 3.05) is 31.1 Å². The van der Waals surface area contributed by atoms with Gasteiger partial charge in [-0.05, 0) is 36.8 Å². The topological polar surface area (TPSA) is 93.6 Å². The van der Waals surface area contributed by atoms with Crippen molar-refractivity contribution in [2.45, 2.75) is 19.8 Å². The van der Waals surface area contributed by atoms with Crippen LogP contribution in [0, 0.1) is 0 Å². The Morgan fingerprint density at radius 2 is 1.90 bits per heavy atom. The van der Waals surface area contributed by atoms with Gasteiger partial charge in [0.25, 0.3) is 5.91 Å². The maximum atomic E-state index is 12.8. The molecule has 8 nitrogen and oxygen atoms in total. The van der Waals surface area contributed by atoms with E-state index < -0.39 is 5.97 Å². The number of benzene rings is 1. The molecule has 2 heterocycles. The van der Waals surface area contributed by atoms with E-state index in [1.54, 1.807) is 28.0 Å². The number of carbonyl (C=O) groups is 2. The zero-order valence-electron chi connectivity index (χ0n) is 16.1. The number of para-hydroxylation sites is 2. The smallest absolute Gasteiger partial charge is 0.305 e. The Morgan fingerprint density at radius 1 is 1.14 bits per heavy atom. The number of amides is 1. The van der Waals surface area contributed by atoms with Gasteiger partial charge in [-0.15, -0.1) is 0 Å². The fraction of sp³-hybridized carbons (Fsp3) is 0.350. The van der Waals surface area contributed by atoms with Crippen LogP contribution < -0.4 is 9.64 Å².